The fourth-order valence-corrected chi connectivity index (χ4v) is 1.97. The molecule has 0 aromatic heterocycles. The van der Waals surface area contributed by atoms with E-state index in [-0.39, 0.29) is 5.41 Å². The molecule has 0 amide bonds. The van der Waals surface area contributed by atoms with Gasteiger partial charge in [-0.15, -0.1) is 0 Å². The van der Waals surface area contributed by atoms with Gasteiger partial charge in [0.2, 0.25) is 0 Å². The predicted molar refractivity (Wildman–Crippen MR) is 48.0 cm³/mol. The summed E-state index contributed by atoms with van der Waals surface area (Å²) in [5.74, 6) is -0.824. The van der Waals surface area contributed by atoms with Crippen LogP contribution in [-0.2, 0) is 4.79 Å². The third-order valence-electron chi connectivity index (χ3n) is 2.88. The number of rotatable bonds is 3. The molecule has 0 aromatic carbocycles. The summed E-state index contributed by atoms with van der Waals surface area (Å²) < 4.78 is 0. The van der Waals surface area contributed by atoms with Crippen molar-refractivity contribution < 1.29 is 9.90 Å². The molecule has 1 N–H and O–H groups in total. The van der Waals surface area contributed by atoms with E-state index in [2.05, 4.69) is 6.92 Å². The van der Waals surface area contributed by atoms with Crippen LogP contribution in [0.5, 0.6) is 0 Å². The Labute approximate surface area is 73.3 Å². The first kappa shape index (κ1) is 9.30. The predicted octanol–water partition coefficient (Wildman–Crippen LogP) is 2.60. The minimum atomic E-state index is -0.824. The summed E-state index contributed by atoms with van der Waals surface area (Å²) in [7, 11) is 0. The van der Waals surface area contributed by atoms with Gasteiger partial charge in [-0.05, 0) is 24.7 Å². The van der Waals surface area contributed by atoms with E-state index in [0.717, 1.165) is 19.3 Å². The number of carboxylic acids is 1. The van der Waals surface area contributed by atoms with Crippen molar-refractivity contribution >= 4 is 5.97 Å². The molecule has 0 atom stereocenters. The average molecular weight is 168 g/mol. The van der Waals surface area contributed by atoms with Crippen molar-refractivity contribution in [2.75, 3.05) is 0 Å². The topological polar surface area (TPSA) is 37.3 Å². The van der Waals surface area contributed by atoms with Gasteiger partial charge in [0.15, 0.2) is 0 Å². The summed E-state index contributed by atoms with van der Waals surface area (Å²) in [6, 6.07) is 0. The van der Waals surface area contributed by atoms with Crippen molar-refractivity contribution in [2.24, 2.45) is 5.41 Å². The van der Waals surface area contributed by atoms with Crippen LogP contribution in [0.15, 0.2) is 12.2 Å². The molecule has 68 valence electrons. The Bertz CT molecular complexity index is 188. The van der Waals surface area contributed by atoms with Crippen molar-refractivity contribution in [2.45, 2.75) is 39.0 Å². The molecule has 0 aliphatic heterocycles. The minimum Gasteiger partial charge on any atom is -0.478 e. The van der Waals surface area contributed by atoms with E-state index in [1.54, 1.807) is 0 Å². The number of hydrogen-bond donors (Lipinski definition) is 1. The molecule has 0 heterocycles. The van der Waals surface area contributed by atoms with Gasteiger partial charge in [0.25, 0.3) is 0 Å². The van der Waals surface area contributed by atoms with Gasteiger partial charge in [0.05, 0.1) is 0 Å². The molecule has 1 fully saturated rings. The Morgan fingerprint density at radius 3 is 2.50 bits per heavy atom. The first-order valence-electron chi connectivity index (χ1n) is 4.61. The molecule has 1 rings (SSSR count). The quantitative estimate of drug-likeness (QED) is 0.658. The summed E-state index contributed by atoms with van der Waals surface area (Å²) in [5.41, 5.74) is 0.207. The molecular weight excluding hydrogens is 152 g/mol. The number of allylic oxidation sites excluding steroid dienone is 1. The van der Waals surface area contributed by atoms with Gasteiger partial charge in [0.1, 0.15) is 0 Å². The molecule has 0 aromatic rings. The molecule has 0 unspecified atom stereocenters. The Kier molecular flexibility index (Phi) is 2.90. The lowest BCUT2D eigenvalue weighted by atomic mass is 9.83. The number of carbonyl (C=O) groups is 1. The van der Waals surface area contributed by atoms with Crippen molar-refractivity contribution in [1.29, 1.82) is 0 Å². The molecule has 2 heteroatoms. The highest BCUT2D eigenvalue weighted by Crippen LogP contribution is 2.41. The maximum Gasteiger partial charge on any atom is 0.327 e. The van der Waals surface area contributed by atoms with E-state index in [9.17, 15) is 4.79 Å². The van der Waals surface area contributed by atoms with Crippen molar-refractivity contribution in [1.82, 2.24) is 0 Å². The first-order valence-corrected chi connectivity index (χ1v) is 4.61. The molecule has 1 saturated carbocycles. The van der Waals surface area contributed by atoms with Crippen LogP contribution in [-0.4, -0.2) is 11.1 Å². The van der Waals surface area contributed by atoms with Gasteiger partial charge in [-0.3, -0.25) is 0 Å². The summed E-state index contributed by atoms with van der Waals surface area (Å²) in [5, 5.41) is 8.50. The molecular formula is C10H16O2. The maximum absolute atomic E-state index is 10.3. The summed E-state index contributed by atoms with van der Waals surface area (Å²) in [6.07, 6.45) is 9.07. The van der Waals surface area contributed by atoms with E-state index >= 15 is 0 Å². The van der Waals surface area contributed by atoms with Gasteiger partial charge in [-0.25, -0.2) is 4.79 Å². The Hall–Kier alpha value is -0.790. The lowest BCUT2D eigenvalue weighted by Crippen LogP contribution is -2.11. The van der Waals surface area contributed by atoms with E-state index in [0.29, 0.717) is 0 Å². The molecule has 0 spiro atoms. The van der Waals surface area contributed by atoms with E-state index in [1.807, 2.05) is 6.08 Å². The zero-order valence-corrected chi connectivity index (χ0v) is 7.55. The molecule has 0 radical (unpaired) electrons. The maximum atomic E-state index is 10.3. The van der Waals surface area contributed by atoms with E-state index in [1.165, 1.54) is 18.9 Å². The van der Waals surface area contributed by atoms with Crippen LogP contribution in [0.1, 0.15) is 39.0 Å². The fourth-order valence-electron chi connectivity index (χ4n) is 1.97. The second kappa shape index (κ2) is 3.74. The van der Waals surface area contributed by atoms with Crippen LogP contribution in [0.3, 0.4) is 0 Å². The highest BCUT2D eigenvalue weighted by Gasteiger charge is 2.28. The van der Waals surface area contributed by atoms with Gasteiger partial charge in [-0.1, -0.05) is 25.8 Å². The Morgan fingerprint density at radius 2 is 2.08 bits per heavy atom. The SMILES string of the molecule is CCC1(/C=C/C(=O)O)CCCC1. The van der Waals surface area contributed by atoms with Gasteiger partial charge >= 0.3 is 5.97 Å². The third kappa shape index (κ3) is 2.10. The molecule has 1 aliphatic carbocycles. The highest BCUT2D eigenvalue weighted by atomic mass is 16.4. The summed E-state index contributed by atoms with van der Waals surface area (Å²) in [4.78, 5) is 10.3. The molecule has 2 nitrogen and oxygen atoms in total. The zero-order chi connectivity index (χ0) is 9.03. The number of carboxylic acid groups (broad SMARTS) is 1. The van der Waals surface area contributed by atoms with E-state index < -0.39 is 5.97 Å². The van der Waals surface area contributed by atoms with Crippen molar-refractivity contribution in [3.63, 3.8) is 0 Å². The van der Waals surface area contributed by atoms with Crippen LogP contribution < -0.4 is 0 Å². The molecule has 1 aliphatic rings. The van der Waals surface area contributed by atoms with Crippen LogP contribution in [0, 0.1) is 5.41 Å². The Morgan fingerprint density at radius 1 is 1.50 bits per heavy atom. The highest BCUT2D eigenvalue weighted by molar-refractivity contribution is 5.79. The molecule has 0 saturated heterocycles. The average Bonchev–Trinajstić information content (AvgIpc) is 2.50. The summed E-state index contributed by atoms with van der Waals surface area (Å²) in [6.45, 7) is 2.14. The van der Waals surface area contributed by atoms with Crippen LogP contribution in [0.25, 0.3) is 0 Å². The Balaban J connectivity index is 2.61. The molecule has 12 heavy (non-hydrogen) atoms. The first-order chi connectivity index (χ1) is 5.68. The lowest BCUT2D eigenvalue weighted by Gasteiger charge is -2.22. The second-order valence-corrected chi connectivity index (χ2v) is 3.59. The normalized spacial score (nSPS) is 21.8. The summed E-state index contributed by atoms with van der Waals surface area (Å²) >= 11 is 0. The zero-order valence-electron chi connectivity index (χ0n) is 7.55. The van der Waals surface area contributed by atoms with Gasteiger partial charge in [0, 0.05) is 6.08 Å². The van der Waals surface area contributed by atoms with E-state index in [4.69, 9.17) is 5.11 Å². The fraction of sp³-hybridized carbons (Fsp3) is 0.700. The number of hydrogen-bond acceptors (Lipinski definition) is 1. The lowest BCUT2D eigenvalue weighted by molar-refractivity contribution is -0.131. The second-order valence-electron chi connectivity index (χ2n) is 3.59. The number of aliphatic carboxylic acids is 1. The van der Waals surface area contributed by atoms with Gasteiger partial charge < -0.3 is 5.11 Å². The smallest absolute Gasteiger partial charge is 0.327 e. The monoisotopic (exact) mass is 168 g/mol. The standard InChI is InChI=1S/C10H16O2/c1-2-10(6-3-4-7-10)8-5-9(11)12/h5,8H,2-4,6-7H2,1H3,(H,11,12)/b8-5+. The van der Waals surface area contributed by atoms with Gasteiger partial charge in [-0.2, -0.15) is 0 Å². The van der Waals surface area contributed by atoms with Crippen LogP contribution >= 0.6 is 0 Å². The van der Waals surface area contributed by atoms with Crippen molar-refractivity contribution in [3.05, 3.63) is 12.2 Å². The van der Waals surface area contributed by atoms with Crippen molar-refractivity contribution in [3.8, 4) is 0 Å². The van der Waals surface area contributed by atoms with Crippen LogP contribution in [0.2, 0.25) is 0 Å². The minimum absolute atomic E-state index is 0.207. The van der Waals surface area contributed by atoms with Crippen LogP contribution in [0.4, 0.5) is 0 Å². The third-order valence-corrected chi connectivity index (χ3v) is 2.88. The molecule has 0 bridgehead atoms. The largest absolute Gasteiger partial charge is 0.478 e.